The van der Waals surface area contributed by atoms with Crippen LogP contribution in [0.3, 0.4) is 0 Å². The normalized spacial score (nSPS) is 15.7. The van der Waals surface area contributed by atoms with Crippen molar-refractivity contribution in [2.24, 2.45) is 0 Å². The van der Waals surface area contributed by atoms with Crippen molar-refractivity contribution < 1.29 is 23.0 Å². The molecule has 44 heavy (non-hydrogen) atoms. The summed E-state index contributed by atoms with van der Waals surface area (Å²) in [5.41, 5.74) is -0.912. The number of ether oxygens (including phenoxy) is 1. The Labute approximate surface area is 254 Å². The SMILES string of the molecule is Cc1ccnc(C(C)C)c1-n1c(=O)nc(N2CCN(C(=O)OC(C)(C)C)C[C@@H]2C)c2cc(F)c(-c3ccccc3F)[n+]([O-])c21. The predicted octanol–water partition coefficient (Wildman–Crippen LogP) is 5.24. The van der Waals surface area contributed by atoms with E-state index in [1.54, 1.807) is 49.8 Å². The number of aryl methyl sites for hydroxylation is 1. The number of carbonyl (C=O) groups excluding carboxylic acids is 1. The molecule has 1 atom stereocenters. The molecule has 0 N–H and O–H groups in total. The highest BCUT2D eigenvalue weighted by Gasteiger charge is 2.35. The van der Waals surface area contributed by atoms with E-state index in [1.165, 1.54) is 18.2 Å². The highest BCUT2D eigenvalue weighted by atomic mass is 19.1. The van der Waals surface area contributed by atoms with Crippen LogP contribution in [0.4, 0.5) is 19.4 Å². The number of fused-ring (bicyclic) bond motifs is 1. The lowest BCUT2D eigenvalue weighted by Gasteiger charge is -2.40. The summed E-state index contributed by atoms with van der Waals surface area (Å²) in [6.45, 7) is 13.5. The average Bonchev–Trinajstić information content (AvgIpc) is 2.93. The van der Waals surface area contributed by atoms with Gasteiger partial charge in [-0.2, -0.15) is 4.98 Å². The number of amides is 1. The van der Waals surface area contributed by atoms with Gasteiger partial charge in [-0.15, -0.1) is 4.57 Å². The maximum Gasteiger partial charge on any atom is 0.442 e. The second kappa shape index (κ2) is 11.5. The summed E-state index contributed by atoms with van der Waals surface area (Å²) >= 11 is 0. The molecule has 1 saturated heterocycles. The summed E-state index contributed by atoms with van der Waals surface area (Å²) in [5, 5.41) is 14.3. The van der Waals surface area contributed by atoms with Crippen LogP contribution in [0, 0.1) is 23.8 Å². The molecule has 0 bridgehead atoms. The smallest absolute Gasteiger partial charge is 0.442 e. The van der Waals surface area contributed by atoms with E-state index in [4.69, 9.17) is 4.74 Å². The number of benzene rings is 1. The first kappa shape index (κ1) is 30.8. The van der Waals surface area contributed by atoms with Crippen LogP contribution in [-0.2, 0) is 4.74 Å². The second-order valence-corrected chi connectivity index (χ2v) is 12.4. The third-order valence-corrected chi connectivity index (χ3v) is 7.58. The van der Waals surface area contributed by atoms with Gasteiger partial charge in [0.25, 0.3) is 0 Å². The van der Waals surface area contributed by atoms with E-state index >= 15 is 4.39 Å². The van der Waals surface area contributed by atoms with E-state index in [1.807, 2.05) is 20.8 Å². The lowest BCUT2D eigenvalue weighted by Crippen LogP contribution is -2.55. The fraction of sp³-hybridized carbons (Fsp3) is 0.406. The molecule has 1 aliphatic rings. The minimum absolute atomic E-state index is 0.0627. The number of pyridine rings is 2. The van der Waals surface area contributed by atoms with Crippen LogP contribution in [0.15, 0.2) is 47.4 Å². The van der Waals surface area contributed by atoms with Gasteiger partial charge in [-0.05, 0) is 70.4 Å². The average molecular weight is 607 g/mol. The Hall–Kier alpha value is -4.61. The van der Waals surface area contributed by atoms with Crippen molar-refractivity contribution in [3.63, 3.8) is 0 Å². The van der Waals surface area contributed by atoms with Gasteiger partial charge >= 0.3 is 17.4 Å². The lowest BCUT2D eigenvalue weighted by molar-refractivity contribution is -0.569. The molecule has 232 valence electrons. The van der Waals surface area contributed by atoms with Crippen molar-refractivity contribution in [2.75, 3.05) is 24.5 Å². The van der Waals surface area contributed by atoms with Gasteiger partial charge in [0, 0.05) is 31.9 Å². The largest absolute Gasteiger partial charge is 0.710 e. The molecule has 3 aromatic heterocycles. The Morgan fingerprint density at radius 3 is 2.48 bits per heavy atom. The van der Waals surface area contributed by atoms with Gasteiger partial charge < -0.3 is 19.7 Å². The topological polar surface area (TPSA) is 108 Å². The molecule has 0 unspecified atom stereocenters. The van der Waals surface area contributed by atoms with Crippen LogP contribution >= 0.6 is 0 Å². The summed E-state index contributed by atoms with van der Waals surface area (Å²) in [6.07, 6.45) is 1.15. The third kappa shape index (κ3) is 5.56. The zero-order chi connectivity index (χ0) is 32.1. The van der Waals surface area contributed by atoms with Crippen LogP contribution in [0.25, 0.3) is 28.0 Å². The Kier molecular flexibility index (Phi) is 8.04. The van der Waals surface area contributed by atoms with Gasteiger partial charge in [0.2, 0.25) is 0 Å². The summed E-state index contributed by atoms with van der Waals surface area (Å²) < 4.78 is 37.8. The zero-order valence-corrected chi connectivity index (χ0v) is 25.9. The first-order valence-corrected chi connectivity index (χ1v) is 14.5. The standard InChI is InChI=1S/C32H36F2N6O4/c1-18(2)25-26(19(3)12-13-35-25)39-29-22(16-24(34)27(40(29)43)21-10-8-9-11-23(21)33)28(36-30(39)41)38-15-14-37(17-20(38)4)31(42)44-32(5,6)7/h8-13,16,18,20H,14-15,17H2,1-7H3/t20-/m0/s1. The summed E-state index contributed by atoms with van der Waals surface area (Å²) in [5.74, 6) is -1.81. The maximum absolute atomic E-state index is 15.9. The molecule has 1 fully saturated rings. The molecule has 1 aliphatic heterocycles. The number of anilines is 1. The van der Waals surface area contributed by atoms with E-state index in [0.717, 1.165) is 16.7 Å². The number of nitrogens with zero attached hydrogens (tertiary/aromatic N) is 6. The fourth-order valence-electron chi connectivity index (χ4n) is 5.60. The zero-order valence-electron chi connectivity index (χ0n) is 25.9. The number of piperazine rings is 1. The van der Waals surface area contributed by atoms with Gasteiger partial charge in [-0.3, -0.25) is 4.98 Å². The third-order valence-electron chi connectivity index (χ3n) is 7.58. The molecule has 0 saturated carbocycles. The quantitative estimate of drug-likeness (QED) is 0.231. The molecule has 5 rings (SSSR count). The highest BCUT2D eigenvalue weighted by molar-refractivity contribution is 5.88. The Bertz CT molecular complexity index is 1820. The molecule has 0 spiro atoms. The minimum Gasteiger partial charge on any atom is -0.710 e. The fourth-order valence-corrected chi connectivity index (χ4v) is 5.60. The Balaban J connectivity index is 1.77. The number of carbonyl (C=O) groups is 1. The molecule has 0 aliphatic carbocycles. The van der Waals surface area contributed by atoms with Crippen molar-refractivity contribution in [2.45, 2.75) is 66.0 Å². The number of hydrogen-bond donors (Lipinski definition) is 0. The summed E-state index contributed by atoms with van der Waals surface area (Å²) in [6, 6.07) is 7.85. The maximum atomic E-state index is 15.9. The van der Waals surface area contributed by atoms with Crippen LogP contribution in [0.2, 0.25) is 0 Å². The van der Waals surface area contributed by atoms with Crippen LogP contribution in [0.1, 0.15) is 58.7 Å². The molecule has 4 aromatic rings. The van der Waals surface area contributed by atoms with Crippen LogP contribution < -0.4 is 15.3 Å². The molecular formula is C32H36F2N6O4. The van der Waals surface area contributed by atoms with Gasteiger partial charge in [0.15, 0.2) is 23.0 Å². The lowest BCUT2D eigenvalue weighted by atomic mass is 10.0. The van der Waals surface area contributed by atoms with E-state index in [0.29, 0.717) is 16.9 Å². The molecule has 1 amide bonds. The van der Waals surface area contributed by atoms with Crippen molar-refractivity contribution in [1.29, 1.82) is 0 Å². The van der Waals surface area contributed by atoms with Crippen molar-refractivity contribution in [3.8, 4) is 16.9 Å². The molecule has 1 aromatic carbocycles. The Morgan fingerprint density at radius 2 is 1.84 bits per heavy atom. The van der Waals surface area contributed by atoms with Crippen LogP contribution in [0.5, 0.6) is 0 Å². The molecule has 0 radical (unpaired) electrons. The van der Waals surface area contributed by atoms with Gasteiger partial charge in [-0.1, -0.05) is 26.0 Å². The molecule has 10 nitrogen and oxygen atoms in total. The molecular weight excluding hydrogens is 570 g/mol. The number of hydrogen-bond acceptors (Lipinski definition) is 7. The number of halogens is 2. The van der Waals surface area contributed by atoms with E-state index in [9.17, 15) is 19.2 Å². The van der Waals surface area contributed by atoms with E-state index in [-0.39, 0.29) is 58.7 Å². The summed E-state index contributed by atoms with van der Waals surface area (Å²) in [7, 11) is 0. The summed E-state index contributed by atoms with van der Waals surface area (Å²) in [4.78, 5) is 39.0. The number of rotatable bonds is 4. The highest BCUT2D eigenvalue weighted by Crippen LogP contribution is 2.33. The predicted molar refractivity (Wildman–Crippen MR) is 163 cm³/mol. The Morgan fingerprint density at radius 1 is 1.14 bits per heavy atom. The van der Waals surface area contributed by atoms with Crippen molar-refractivity contribution in [3.05, 3.63) is 81.2 Å². The first-order chi connectivity index (χ1) is 20.7. The van der Waals surface area contributed by atoms with Gasteiger partial charge in [0.05, 0.1) is 11.3 Å². The van der Waals surface area contributed by atoms with Crippen LogP contribution in [-0.4, -0.2) is 56.8 Å². The van der Waals surface area contributed by atoms with Gasteiger partial charge in [0.1, 0.15) is 16.8 Å². The van der Waals surface area contributed by atoms with E-state index in [2.05, 4.69) is 9.97 Å². The minimum atomic E-state index is -0.974. The van der Waals surface area contributed by atoms with Crippen molar-refractivity contribution >= 4 is 22.9 Å². The van der Waals surface area contributed by atoms with E-state index < -0.39 is 34.7 Å². The second-order valence-electron chi connectivity index (χ2n) is 12.4. The molecule has 12 heteroatoms. The first-order valence-electron chi connectivity index (χ1n) is 14.5. The van der Waals surface area contributed by atoms with Crippen molar-refractivity contribution in [1.82, 2.24) is 19.4 Å². The monoisotopic (exact) mass is 606 g/mol. The number of aromatic nitrogens is 4. The van der Waals surface area contributed by atoms with Gasteiger partial charge in [-0.25, -0.2) is 23.1 Å². The molecule has 4 heterocycles.